The number of hydrogen-bond acceptors (Lipinski definition) is 6. The monoisotopic (exact) mass is 691 g/mol. The number of aromatic nitrogens is 3. The van der Waals surface area contributed by atoms with E-state index in [2.05, 4.69) is 18.9 Å². The first-order chi connectivity index (χ1) is 22.7. The van der Waals surface area contributed by atoms with Gasteiger partial charge in [-0.1, -0.05) is 91.2 Å². The highest BCUT2D eigenvalue weighted by atomic mass is 35.5. The molecule has 12 heteroatoms. The molecule has 254 valence electrons. The van der Waals surface area contributed by atoms with Gasteiger partial charge in [-0.05, 0) is 75.5 Å². The highest BCUT2D eigenvalue weighted by Gasteiger charge is 2.32. The van der Waals surface area contributed by atoms with Crippen molar-refractivity contribution >= 4 is 33.1 Å². The summed E-state index contributed by atoms with van der Waals surface area (Å²) < 4.78 is 32.6. The van der Waals surface area contributed by atoms with Crippen LogP contribution in [0.3, 0.4) is 0 Å². The Bertz CT molecular complexity index is 2020. The van der Waals surface area contributed by atoms with E-state index < -0.39 is 16.2 Å². The van der Waals surface area contributed by atoms with Crippen LogP contribution in [0.5, 0.6) is 0 Å². The van der Waals surface area contributed by atoms with E-state index in [1.54, 1.807) is 23.6 Å². The molecule has 10 nitrogen and oxygen atoms in total. The average molecular weight is 692 g/mol. The van der Waals surface area contributed by atoms with Crippen LogP contribution in [0.15, 0.2) is 94.6 Å². The SMILES string of the molecule is Cc1ccc(C(=O)N(CCCN)[C@@H](c2cc3c(Cl)c(C)nn3c(=O)n2Cc2ccccc2)C(C)C)cc1.Cc1ccc(S(=O)(=O)O)cc1. The smallest absolute Gasteiger partial charge is 0.330 e. The number of rotatable bonds is 10. The quantitative estimate of drug-likeness (QED) is 0.165. The fourth-order valence-electron chi connectivity index (χ4n) is 5.47. The van der Waals surface area contributed by atoms with Crippen molar-refractivity contribution in [3.63, 3.8) is 0 Å². The summed E-state index contributed by atoms with van der Waals surface area (Å²) >= 11 is 6.59. The van der Waals surface area contributed by atoms with Gasteiger partial charge >= 0.3 is 5.69 Å². The van der Waals surface area contributed by atoms with Crippen LogP contribution < -0.4 is 11.4 Å². The molecule has 3 N–H and O–H groups in total. The Morgan fingerprint density at radius 1 is 0.958 bits per heavy atom. The number of carbonyl (C=O) groups is 1. The van der Waals surface area contributed by atoms with Crippen molar-refractivity contribution in [2.75, 3.05) is 13.1 Å². The van der Waals surface area contributed by atoms with Crippen LogP contribution in [0, 0.1) is 26.7 Å². The normalized spacial score (nSPS) is 12.1. The third kappa shape index (κ3) is 8.59. The molecule has 0 saturated heterocycles. The number of benzene rings is 3. The molecule has 5 aromatic rings. The van der Waals surface area contributed by atoms with Gasteiger partial charge in [-0.25, -0.2) is 4.79 Å². The highest BCUT2D eigenvalue weighted by molar-refractivity contribution is 7.85. The zero-order chi connectivity index (χ0) is 35.2. The number of carbonyl (C=O) groups excluding carboxylic acids is 1. The zero-order valence-electron chi connectivity index (χ0n) is 27.8. The first-order valence-electron chi connectivity index (χ1n) is 15.7. The van der Waals surface area contributed by atoms with Crippen LogP contribution in [0.1, 0.15) is 64.7 Å². The second kappa shape index (κ2) is 15.7. The molecule has 0 saturated carbocycles. The summed E-state index contributed by atoms with van der Waals surface area (Å²) in [5.74, 6) is -0.0969. The Balaban J connectivity index is 0.000000401. The molecule has 2 aromatic heterocycles. The van der Waals surface area contributed by atoms with E-state index in [4.69, 9.17) is 21.9 Å². The molecule has 0 fully saturated rings. The van der Waals surface area contributed by atoms with Gasteiger partial charge in [0.15, 0.2) is 0 Å². The number of nitrogens with zero attached hydrogens (tertiary/aromatic N) is 4. The van der Waals surface area contributed by atoms with Crippen LogP contribution in [-0.2, 0) is 16.7 Å². The Kier molecular flexibility index (Phi) is 12.0. The molecule has 0 bridgehead atoms. The number of aryl methyl sites for hydroxylation is 3. The average Bonchev–Trinajstić information content (AvgIpc) is 3.34. The van der Waals surface area contributed by atoms with Crippen molar-refractivity contribution in [3.8, 4) is 0 Å². The number of halogens is 1. The van der Waals surface area contributed by atoms with E-state index in [-0.39, 0.29) is 22.4 Å². The van der Waals surface area contributed by atoms with E-state index in [1.807, 2.05) is 79.4 Å². The van der Waals surface area contributed by atoms with Crippen LogP contribution in [-0.4, -0.2) is 51.0 Å². The first-order valence-corrected chi connectivity index (χ1v) is 17.5. The minimum Gasteiger partial charge on any atom is -0.330 e. The molecule has 0 aliphatic carbocycles. The van der Waals surface area contributed by atoms with E-state index >= 15 is 0 Å². The lowest BCUT2D eigenvalue weighted by atomic mass is 9.96. The zero-order valence-corrected chi connectivity index (χ0v) is 29.4. The summed E-state index contributed by atoms with van der Waals surface area (Å²) in [6.07, 6.45) is 0.637. The molecule has 0 unspecified atom stereocenters. The van der Waals surface area contributed by atoms with E-state index in [0.717, 1.165) is 22.4 Å². The number of nitrogens with two attached hydrogens (primary N) is 1. The van der Waals surface area contributed by atoms with Gasteiger partial charge in [0.1, 0.15) is 0 Å². The van der Waals surface area contributed by atoms with Gasteiger partial charge < -0.3 is 10.6 Å². The van der Waals surface area contributed by atoms with Crippen molar-refractivity contribution in [2.45, 2.75) is 58.5 Å². The van der Waals surface area contributed by atoms with Gasteiger partial charge in [0.25, 0.3) is 16.0 Å². The van der Waals surface area contributed by atoms with Gasteiger partial charge in [-0.15, -0.1) is 0 Å². The lowest BCUT2D eigenvalue weighted by Gasteiger charge is -2.36. The first kappa shape index (κ1) is 36.5. The van der Waals surface area contributed by atoms with Gasteiger partial charge in [0.2, 0.25) is 0 Å². The summed E-state index contributed by atoms with van der Waals surface area (Å²) in [5, 5.41) is 4.84. The maximum absolute atomic E-state index is 13.9. The number of hydrogen-bond donors (Lipinski definition) is 2. The lowest BCUT2D eigenvalue weighted by Crippen LogP contribution is -2.42. The van der Waals surface area contributed by atoms with E-state index in [9.17, 15) is 18.0 Å². The molecule has 5 rings (SSSR count). The molecule has 2 heterocycles. The van der Waals surface area contributed by atoms with Gasteiger partial charge in [0, 0.05) is 17.8 Å². The van der Waals surface area contributed by atoms with E-state index in [1.165, 1.54) is 16.6 Å². The summed E-state index contributed by atoms with van der Waals surface area (Å²) in [6, 6.07) is 24.9. The third-order valence-corrected chi connectivity index (χ3v) is 9.30. The standard InChI is InChI=1S/C29H34ClN5O2.C7H8O3S/c1-19(2)27(33(16-8-15-31)28(36)23-13-11-20(3)12-14-23)25-17-24-26(30)21(4)32-35(24)29(37)34(25)18-22-9-6-5-7-10-22;1-6-2-4-7(5-3-6)11(8,9)10/h5-7,9-14,17,19,27H,8,15-16,18,31H2,1-4H3;2-5H,1H3,(H,8,9,10)/t27-;/m1./s1. The summed E-state index contributed by atoms with van der Waals surface area (Å²) in [6.45, 7) is 11.0. The Morgan fingerprint density at radius 2 is 1.54 bits per heavy atom. The molecular weight excluding hydrogens is 650 g/mol. The lowest BCUT2D eigenvalue weighted by molar-refractivity contribution is 0.0609. The number of fused-ring (bicyclic) bond motifs is 1. The van der Waals surface area contributed by atoms with Crippen molar-refractivity contribution in [1.82, 2.24) is 19.1 Å². The molecule has 3 aromatic carbocycles. The summed E-state index contributed by atoms with van der Waals surface area (Å²) in [4.78, 5) is 29.6. The fraction of sp³-hybridized carbons (Fsp3) is 0.306. The molecule has 48 heavy (non-hydrogen) atoms. The van der Waals surface area contributed by atoms with Crippen LogP contribution in [0.25, 0.3) is 5.52 Å². The summed E-state index contributed by atoms with van der Waals surface area (Å²) in [7, 11) is -4.02. The minimum absolute atomic E-state index is 0.00107. The van der Waals surface area contributed by atoms with Gasteiger partial charge in [-0.3, -0.25) is 13.9 Å². The predicted molar refractivity (Wildman–Crippen MR) is 189 cm³/mol. The Hall–Kier alpha value is -4.29. The maximum atomic E-state index is 13.9. The molecular formula is C36H42ClN5O5S. The fourth-order valence-corrected chi connectivity index (χ4v) is 6.12. The second-order valence-corrected chi connectivity index (χ2v) is 13.9. The van der Waals surface area contributed by atoms with Crippen molar-refractivity contribution < 1.29 is 17.8 Å². The molecule has 0 aliphatic heterocycles. The van der Waals surface area contributed by atoms with Crippen molar-refractivity contribution in [1.29, 1.82) is 0 Å². The van der Waals surface area contributed by atoms with Crippen molar-refractivity contribution in [3.05, 3.63) is 134 Å². The molecule has 0 aliphatic rings. The van der Waals surface area contributed by atoms with Crippen LogP contribution in [0.4, 0.5) is 0 Å². The Labute approximate surface area is 286 Å². The van der Waals surface area contributed by atoms with Gasteiger partial charge in [-0.2, -0.15) is 18.0 Å². The molecule has 0 spiro atoms. The largest absolute Gasteiger partial charge is 0.349 e. The summed E-state index contributed by atoms with van der Waals surface area (Å²) in [5.41, 5.74) is 11.0. The van der Waals surface area contributed by atoms with Crippen molar-refractivity contribution in [2.24, 2.45) is 11.7 Å². The topological polar surface area (TPSA) is 140 Å². The number of amides is 1. The highest BCUT2D eigenvalue weighted by Crippen LogP contribution is 2.32. The van der Waals surface area contributed by atoms with Crippen LogP contribution >= 0.6 is 11.6 Å². The maximum Gasteiger partial charge on any atom is 0.349 e. The predicted octanol–water partition coefficient (Wildman–Crippen LogP) is 6.24. The van der Waals surface area contributed by atoms with Gasteiger partial charge in [0.05, 0.1) is 33.7 Å². The molecule has 0 radical (unpaired) electrons. The molecule has 1 atom stereocenters. The van der Waals surface area contributed by atoms with Crippen LogP contribution in [0.2, 0.25) is 5.02 Å². The minimum atomic E-state index is -4.02. The Morgan fingerprint density at radius 3 is 2.08 bits per heavy atom. The second-order valence-electron chi connectivity index (χ2n) is 12.1. The van der Waals surface area contributed by atoms with E-state index in [0.29, 0.717) is 47.9 Å². The third-order valence-electron chi connectivity index (χ3n) is 7.96. The molecule has 1 amide bonds.